The Bertz CT molecular complexity index is 410. The van der Waals surface area contributed by atoms with Gasteiger partial charge >= 0.3 is 0 Å². The van der Waals surface area contributed by atoms with Crippen LogP contribution in [0.5, 0.6) is 5.75 Å². The highest BCUT2D eigenvalue weighted by Crippen LogP contribution is 2.27. The van der Waals surface area contributed by atoms with Crippen molar-refractivity contribution in [1.82, 2.24) is 0 Å². The third-order valence-electron chi connectivity index (χ3n) is 4.42. The molecule has 0 aliphatic heterocycles. The van der Waals surface area contributed by atoms with Crippen LogP contribution >= 0.6 is 11.6 Å². The van der Waals surface area contributed by atoms with Crippen molar-refractivity contribution < 1.29 is 5.11 Å². The summed E-state index contributed by atoms with van der Waals surface area (Å²) in [4.78, 5) is 0. The van der Waals surface area contributed by atoms with Gasteiger partial charge in [0, 0.05) is 11.7 Å². The van der Waals surface area contributed by atoms with Crippen LogP contribution in [0.15, 0.2) is 18.2 Å². The van der Waals surface area contributed by atoms with Gasteiger partial charge in [0.2, 0.25) is 0 Å². The van der Waals surface area contributed by atoms with Gasteiger partial charge in [0.15, 0.2) is 0 Å². The second-order valence-electron chi connectivity index (χ2n) is 6.27. The van der Waals surface area contributed by atoms with Crippen LogP contribution in [0.25, 0.3) is 0 Å². The van der Waals surface area contributed by atoms with Crippen molar-refractivity contribution in [2.45, 2.75) is 76.7 Å². The van der Waals surface area contributed by atoms with Gasteiger partial charge in [-0.1, -0.05) is 69.4 Å². The van der Waals surface area contributed by atoms with Gasteiger partial charge in [0.25, 0.3) is 0 Å². The van der Waals surface area contributed by atoms with E-state index in [-0.39, 0.29) is 5.75 Å². The van der Waals surface area contributed by atoms with Gasteiger partial charge in [0.05, 0.1) is 5.02 Å². The van der Waals surface area contributed by atoms with Crippen LogP contribution in [0.1, 0.15) is 70.6 Å². The zero-order chi connectivity index (χ0) is 14.9. The molecule has 1 aromatic rings. The fourth-order valence-electron chi connectivity index (χ4n) is 3.14. The van der Waals surface area contributed by atoms with Crippen molar-refractivity contribution in [3.8, 4) is 5.75 Å². The molecule has 0 spiro atoms. The molecular weight excluding hydrogens is 282 g/mol. The normalized spacial score (nSPS) is 19.5. The van der Waals surface area contributed by atoms with Crippen molar-refractivity contribution in [2.75, 3.05) is 5.32 Å². The van der Waals surface area contributed by atoms with Gasteiger partial charge < -0.3 is 10.4 Å². The number of hydrogen-bond acceptors (Lipinski definition) is 2. The quantitative estimate of drug-likeness (QED) is 0.644. The van der Waals surface area contributed by atoms with Crippen molar-refractivity contribution in [2.24, 2.45) is 0 Å². The van der Waals surface area contributed by atoms with Crippen molar-refractivity contribution in [3.63, 3.8) is 0 Å². The first kappa shape index (κ1) is 16.5. The first-order valence-electron chi connectivity index (χ1n) is 8.51. The van der Waals surface area contributed by atoms with Crippen LogP contribution in [0, 0.1) is 0 Å². The lowest BCUT2D eigenvalue weighted by Gasteiger charge is -2.21. The Balaban J connectivity index is 1.88. The lowest BCUT2D eigenvalue weighted by molar-refractivity contribution is 0.474. The number of phenolic OH excluding ortho intramolecular Hbond substituents is 1. The second kappa shape index (κ2) is 9.19. The Kier molecular flexibility index (Phi) is 7.21. The Morgan fingerprint density at radius 1 is 0.857 bits per heavy atom. The lowest BCUT2D eigenvalue weighted by atomic mass is 9.98. The van der Waals surface area contributed by atoms with E-state index in [2.05, 4.69) is 5.32 Å². The Morgan fingerprint density at radius 3 is 1.90 bits per heavy atom. The van der Waals surface area contributed by atoms with E-state index in [1.807, 2.05) is 12.1 Å². The maximum absolute atomic E-state index is 9.50. The molecule has 0 aromatic heterocycles. The lowest BCUT2D eigenvalue weighted by Crippen LogP contribution is -2.19. The minimum absolute atomic E-state index is 0.154. The molecule has 0 atom stereocenters. The number of rotatable bonds is 2. The van der Waals surface area contributed by atoms with Crippen LogP contribution in [-0.4, -0.2) is 11.1 Å². The van der Waals surface area contributed by atoms with E-state index in [0.717, 1.165) is 5.69 Å². The molecule has 0 bridgehead atoms. The first-order valence-corrected chi connectivity index (χ1v) is 8.88. The van der Waals surface area contributed by atoms with Crippen LogP contribution in [0.4, 0.5) is 5.69 Å². The van der Waals surface area contributed by atoms with Crippen LogP contribution in [0.2, 0.25) is 5.02 Å². The van der Waals surface area contributed by atoms with Crippen LogP contribution in [-0.2, 0) is 0 Å². The molecule has 2 N–H and O–H groups in total. The maximum atomic E-state index is 9.50. The summed E-state index contributed by atoms with van der Waals surface area (Å²) in [5.41, 5.74) is 1.02. The van der Waals surface area contributed by atoms with Gasteiger partial charge in [-0.15, -0.1) is 0 Å². The highest BCUT2D eigenvalue weighted by Gasteiger charge is 2.10. The van der Waals surface area contributed by atoms with Crippen LogP contribution in [0.3, 0.4) is 0 Å². The van der Waals surface area contributed by atoms with Gasteiger partial charge in [-0.05, 0) is 31.0 Å². The molecular formula is C18H28ClNO. The smallest absolute Gasteiger partial charge is 0.134 e. The number of aromatic hydroxyl groups is 1. The van der Waals surface area contributed by atoms with E-state index in [4.69, 9.17) is 11.6 Å². The molecule has 3 heteroatoms. The molecule has 1 fully saturated rings. The summed E-state index contributed by atoms with van der Waals surface area (Å²) in [6.07, 6.45) is 14.8. The van der Waals surface area contributed by atoms with Gasteiger partial charge in [-0.2, -0.15) is 0 Å². The summed E-state index contributed by atoms with van der Waals surface area (Å²) in [5, 5.41) is 13.5. The molecule has 0 radical (unpaired) electrons. The third kappa shape index (κ3) is 6.17. The zero-order valence-corrected chi connectivity index (χ0v) is 13.7. The highest BCUT2D eigenvalue weighted by atomic mass is 35.5. The molecule has 1 aromatic carbocycles. The van der Waals surface area contributed by atoms with Crippen molar-refractivity contribution >= 4 is 17.3 Å². The van der Waals surface area contributed by atoms with E-state index in [9.17, 15) is 5.11 Å². The summed E-state index contributed by atoms with van der Waals surface area (Å²) >= 11 is 5.99. The average Bonchev–Trinajstić information content (AvgIpc) is 2.46. The van der Waals surface area contributed by atoms with Crippen LogP contribution < -0.4 is 5.32 Å². The first-order chi connectivity index (χ1) is 10.3. The molecule has 1 aliphatic rings. The molecule has 1 aliphatic carbocycles. The predicted octanol–water partition coefficient (Wildman–Crippen LogP) is 6.13. The monoisotopic (exact) mass is 309 g/mol. The number of hydrogen-bond donors (Lipinski definition) is 2. The number of halogens is 1. The summed E-state index contributed by atoms with van der Waals surface area (Å²) in [7, 11) is 0. The van der Waals surface area contributed by atoms with E-state index in [1.54, 1.807) is 6.07 Å². The van der Waals surface area contributed by atoms with E-state index < -0.39 is 0 Å². The minimum Gasteiger partial charge on any atom is -0.506 e. The summed E-state index contributed by atoms with van der Waals surface area (Å²) in [5.74, 6) is 0.154. The molecule has 118 valence electrons. The van der Waals surface area contributed by atoms with Gasteiger partial charge in [-0.25, -0.2) is 0 Å². The molecule has 1 saturated carbocycles. The fourth-order valence-corrected chi connectivity index (χ4v) is 3.32. The molecule has 2 nitrogen and oxygen atoms in total. The topological polar surface area (TPSA) is 32.3 Å². The summed E-state index contributed by atoms with van der Waals surface area (Å²) in [6, 6.07) is 5.94. The fraction of sp³-hybridized carbons (Fsp3) is 0.667. The summed E-state index contributed by atoms with van der Waals surface area (Å²) in [6.45, 7) is 0. The van der Waals surface area contributed by atoms with E-state index >= 15 is 0 Å². The average molecular weight is 310 g/mol. The number of nitrogens with one attached hydrogen (secondary N) is 1. The third-order valence-corrected chi connectivity index (χ3v) is 4.73. The molecule has 0 unspecified atom stereocenters. The Labute approximate surface area is 133 Å². The van der Waals surface area contributed by atoms with Gasteiger partial charge in [-0.3, -0.25) is 0 Å². The Hall–Kier alpha value is -0.890. The number of phenols is 1. The molecule has 21 heavy (non-hydrogen) atoms. The van der Waals surface area contributed by atoms with Crippen molar-refractivity contribution in [1.29, 1.82) is 0 Å². The maximum Gasteiger partial charge on any atom is 0.134 e. The predicted molar refractivity (Wildman–Crippen MR) is 91.3 cm³/mol. The highest BCUT2D eigenvalue weighted by molar-refractivity contribution is 6.32. The minimum atomic E-state index is 0.154. The molecule has 0 amide bonds. The standard InChI is InChI=1S/C18H28ClNO/c19-17-14-16(12-13-18(17)21)20-15-10-8-6-4-2-1-3-5-7-9-11-15/h12-15,20-21H,1-11H2. The summed E-state index contributed by atoms with van der Waals surface area (Å²) < 4.78 is 0. The van der Waals surface area contributed by atoms with E-state index in [0.29, 0.717) is 11.1 Å². The zero-order valence-electron chi connectivity index (χ0n) is 12.9. The SMILES string of the molecule is Oc1ccc(NC2CCCCCCCCCCC2)cc1Cl. The van der Waals surface area contributed by atoms with Crippen molar-refractivity contribution in [3.05, 3.63) is 23.2 Å². The van der Waals surface area contributed by atoms with E-state index in [1.165, 1.54) is 70.6 Å². The second-order valence-corrected chi connectivity index (χ2v) is 6.67. The largest absolute Gasteiger partial charge is 0.506 e. The molecule has 0 heterocycles. The van der Waals surface area contributed by atoms with Gasteiger partial charge in [0.1, 0.15) is 5.75 Å². The molecule has 0 saturated heterocycles. The number of benzene rings is 1. The molecule has 2 rings (SSSR count). The number of anilines is 1. The Morgan fingerprint density at radius 2 is 1.38 bits per heavy atom.